The lowest BCUT2D eigenvalue weighted by Gasteiger charge is -2.27. The quantitative estimate of drug-likeness (QED) is 0.881. The van der Waals surface area contributed by atoms with Crippen molar-refractivity contribution >= 4 is 10.0 Å². The largest absolute Gasteiger partial charge is 0.281 e. The predicted octanol–water partition coefficient (Wildman–Crippen LogP) is 1.99. The normalized spacial score (nSPS) is 14.8. The lowest BCUT2D eigenvalue weighted by Crippen LogP contribution is -2.34. The molecule has 1 unspecified atom stereocenters. The van der Waals surface area contributed by atoms with Crippen LogP contribution in [0.1, 0.15) is 39.1 Å². The van der Waals surface area contributed by atoms with E-state index in [1.165, 1.54) is 0 Å². The smallest absolute Gasteiger partial charge is 0.244 e. The Morgan fingerprint density at radius 3 is 2.28 bits per heavy atom. The van der Waals surface area contributed by atoms with Crippen LogP contribution in [0, 0.1) is 25.2 Å². The lowest BCUT2D eigenvalue weighted by atomic mass is 9.82. The summed E-state index contributed by atoms with van der Waals surface area (Å²) in [6, 6.07) is 0. The van der Waals surface area contributed by atoms with Crippen LogP contribution in [0.25, 0.3) is 0 Å². The third-order valence-electron chi connectivity index (χ3n) is 3.39. The Labute approximate surface area is 109 Å². The van der Waals surface area contributed by atoms with Gasteiger partial charge in [-0.05, 0) is 25.2 Å². The number of nitrogens with zero attached hydrogens (tertiary/aromatic N) is 1. The topological polar surface area (TPSA) is 74.8 Å². The fraction of sp³-hybridized carbons (Fsp3) is 0.750. The van der Waals surface area contributed by atoms with Gasteiger partial charge in [-0.1, -0.05) is 27.7 Å². The number of rotatable bonds is 4. The van der Waals surface area contributed by atoms with Gasteiger partial charge in [0, 0.05) is 6.54 Å². The van der Waals surface area contributed by atoms with E-state index in [2.05, 4.69) is 35.7 Å². The Morgan fingerprint density at radius 1 is 1.33 bits per heavy atom. The zero-order valence-corrected chi connectivity index (χ0v) is 12.8. The molecule has 5 nitrogen and oxygen atoms in total. The van der Waals surface area contributed by atoms with Crippen LogP contribution in [-0.2, 0) is 10.0 Å². The summed E-state index contributed by atoms with van der Waals surface area (Å²) >= 11 is 0. The summed E-state index contributed by atoms with van der Waals surface area (Å²) in [6.45, 7) is 12.2. The van der Waals surface area contributed by atoms with Gasteiger partial charge in [-0.25, -0.2) is 13.1 Å². The molecule has 18 heavy (non-hydrogen) atoms. The van der Waals surface area contributed by atoms with Crippen LogP contribution in [0.2, 0.25) is 0 Å². The SMILES string of the molecule is Cc1n[nH]c(C)c1S(=O)(=O)NCC(C)C(C)(C)C. The standard InChI is InChI=1S/C12H23N3O2S/c1-8(12(4,5)6)7-13-18(16,17)11-9(2)14-15-10(11)3/h8,13H,7H2,1-6H3,(H,14,15). The number of aromatic nitrogens is 2. The van der Waals surface area contributed by atoms with Crippen molar-refractivity contribution in [1.29, 1.82) is 0 Å². The second kappa shape index (κ2) is 5.01. The average Bonchev–Trinajstić information content (AvgIpc) is 2.54. The molecule has 1 rings (SSSR count). The highest BCUT2D eigenvalue weighted by Crippen LogP contribution is 2.25. The third kappa shape index (κ3) is 3.32. The molecule has 0 fully saturated rings. The molecule has 0 saturated carbocycles. The second-order valence-corrected chi connectivity index (χ2v) is 7.59. The highest BCUT2D eigenvalue weighted by molar-refractivity contribution is 7.89. The van der Waals surface area contributed by atoms with Crippen molar-refractivity contribution in [2.75, 3.05) is 6.54 Å². The van der Waals surface area contributed by atoms with Crippen molar-refractivity contribution in [3.8, 4) is 0 Å². The first kappa shape index (κ1) is 15.2. The van der Waals surface area contributed by atoms with Gasteiger partial charge in [-0.15, -0.1) is 0 Å². The maximum Gasteiger partial charge on any atom is 0.244 e. The molecule has 6 heteroatoms. The zero-order valence-electron chi connectivity index (χ0n) is 12.0. The van der Waals surface area contributed by atoms with E-state index in [1.807, 2.05) is 6.92 Å². The molecule has 0 aromatic carbocycles. The van der Waals surface area contributed by atoms with Crippen molar-refractivity contribution in [2.45, 2.75) is 46.4 Å². The monoisotopic (exact) mass is 273 g/mol. The van der Waals surface area contributed by atoms with E-state index in [4.69, 9.17) is 0 Å². The van der Waals surface area contributed by atoms with Crippen LogP contribution in [0.5, 0.6) is 0 Å². The number of aromatic amines is 1. The Hall–Kier alpha value is -0.880. The first-order valence-electron chi connectivity index (χ1n) is 6.07. The van der Waals surface area contributed by atoms with Gasteiger partial charge in [0.2, 0.25) is 10.0 Å². The first-order chi connectivity index (χ1) is 8.05. The number of H-pyrrole nitrogens is 1. The molecule has 1 aromatic heterocycles. The van der Waals surface area contributed by atoms with E-state index in [9.17, 15) is 8.42 Å². The van der Waals surface area contributed by atoms with E-state index in [0.29, 0.717) is 17.9 Å². The van der Waals surface area contributed by atoms with Crippen molar-refractivity contribution in [3.05, 3.63) is 11.4 Å². The van der Waals surface area contributed by atoms with Crippen LogP contribution >= 0.6 is 0 Å². The minimum Gasteiger partial charge on any atom is -0.281 e. The van der Waals surface area contributed by atoms with Crippen molar-refractivity contribution in [3.63, 3.8) is 0 Å². The molecule has 2 N–H and O–H groups in total. The van der Waals surface area contributed by atoms with Crippen molar-refractivity contribution in [2.24, 2.45) is 11.3 Å². The predicted molar refractivity (Wildman–Crippen MR) is 71.9 cm³/mol. The van der Waals surface area contributed by atoms with Gasteiger partial charge in [0.1, 0.15) is 4.90 Å². The lowest BCUT2D eigenvalue weighted by molar-refractivity contribution is 0.263. The van der Waals surface area contributed by atoms with Gasteiger partial charge in [0.15, 0.2) is 0 Å². The fourth-order valence-electron chi connectivity index (χ4n) is 1.55. The Balaban J connectivity index is 2.85. The van der Waals surface area contributed by atoms with Gasteiger partial charge in [0.05, 0.1) is 11.4 Å². The molecule has 0 aliphatic heterocycles. The minimum atomic E-state index is -3.48. The maximum absolute atomic E-state index is 12.2. The Morgan fingerprint density at radius 2 is 1.89 bits per heavy atom. The number of hydrogen-bond donors (Lipinski definition) is 2. The van der Waals surface area contributed by atoms with Crippen LogP contribution in [0.3, 0.4) is 0 Å². The number of nitrogens with one attached hydrogen (secondary N) is 2. The number of aryl methyl sites for hydroxylation is 2. The second-order valence-electron chi connectivity index (χ2n) is 5.88. The zero-order chi connectivity index (χ0) is 14.1. The molecule has 0 amide bonds. The molecule has 1 atom stereocenters. The Bertz CT molecular complexity index is 492. The van der Waals surface area contributed by atoms with Crippen molar-refractivity contribution < 1.29 is 8.42 Å². The van der Waals surface area contributed by atoms with E-state index < -0.39 is 10.0 Å². The van der Waals surface area contributed by atoms with Gasteiger partial charge in [-0.3, -0.25) is 5.10 Å². The summed E-state index contributed by atoms with van der Waals surface area (Å²) in [7, 11) is -3.48. The summed E-state index contributed by atoms with van der Waals surface area (Å²) in [5.41, 5.74) is 1.15. The summed E-state index contributed by atoms with van der Waals surface area (Å²) in [4.78, 5) is 0.267. The van der Waals surface area contributed by atoms with Crippen LogP contribution in [-0.4, -0.2) is 25.2 Å². The molecule has 104 valence electrons. The summed E-state index contributed by atoms with van der Waals surface area (Å²) < 4.78 is 27.1. The van der Waals surface area contributed by atoms with E-state index in [1.54, 1.807) is 13.8 Å². The third-order valence-corrected chi connectivity index (χ3v) is 5.07. The highest BCUT2D eigenvalue weighted by atomic mass is 32.2. The van der Waals surface area contributed by atoms with Crippen LogP contribution < -0.4 is 4.72 Å². The molecule has 0 spiro atoms. The van der Waals surface area contributed by atoms with Crippen LogP contribution in [0.15, 0.2) is 4.90 Å². The molecular weight excluding hydrogens is 250 g/mol. The summed E-state index contributed by atoms with van der Waals surface area (Å²) in [6.07, 6.45) is 0. The molecule has 0 aliphatic rings. The molecule has 0 saturated heterocycles. The molecular formula is C12H23N3O2S. The summed E-state index contributed by atoms with van der Waals surface area (Å²) in [5, 5.41) is 6.61. The summed E-state index contributed by atoms with van der Waals surface area (Å²) in [5.74, 6) is 0.250. The molecule has 0 aliphatic carbocycles. The van der Waals surface area contributed by atoms with Crippen molar-refractivity contribution in [1.82, 2.24) is 14.9 Å². The molecule has 0 radical (unpaired) electrons. The van der Waals surface area contributed by atoms with Gasteiger partial charge in [-0.2, -0.15) is 5.10 Å². The number of sulfonamides is 1. The van der Waals surface area contributed by atoms with Gasteiger partial charge < -0.3 is 0 Å². The van der Waals surface area contributed by atoms with Gasteiger partial charge >= 0.3 is 0 Å². The van der Waals surface area contributed by atoms with E-state index in [-0.39, 0.29) is 16.2 Å². The van der Waals surface area contributed by atoms with E-state index >= 15 is 0 Å². The minimum absolute atomic E-state index is 0.0724. The Kier molecular flexibility index (Phi) is 4.23. The first-order valence-corrected chi connectivity index (χ1v) is 7.55. The fourth-order valence-corrected chi connectivity index (χ4v) is 3.05. The van der Waals surface area contributed by atoms with Crippen LogP contribution in [0.4, 0.5) is 0 Å². The van der Waals surface area contributed by atoms with Gasteiger partial charge in [0.25, 0.3) is 0 Å². The molecule has 1 aromatic rings. The molecule has 0 bridgehead atoms. The molecule has 1 heterocycles. The highest BCUT2D eigenvalue weighted by Gasteiger charge is 2.25. The number of hydrogen-bond acceptors (Lipinski definition) is 3. The maximum atomic E-state index is 12.2. The average molecular weight is 273 g/mol. The van der Waals surface area contributed by atoms with E-state index in [0.717, 1.165) is 0 Å².